The van der Waals surface area contributed by atoms with Crippen molar-refractivity contribution >= 4 is 34.4 Å². The number of ketones is 1. The molecule has 1 amide bonds. The van der Waals surface area contributed by atoms with Crippen molar-refractivity contribution in [1.82, 2.24) is 9.97 Å². The number of nitrogens with one attached hydrogen (secondary N) is 1. The van der Waals surface area contributed by atoms with Crippen LogP contribution >= 0.6 is 0 Å². The predicted molar refractivity (Wildman–Crippen MR) is 162 cm³/mol. The summed E-state index contributed by atoms with van der Waals surface area (Å²) in [6.07, 6.45) is 0. The van der Waals surface area contributed by atoms with Crippen LogP contribution in [0.4, 0.5) is 10.3 Å². The average Bonchev–Trinajstić information content (AvgIpc) is 3.45. The van der Waals surface area contributed by atoms with Crippen LogP contribution in [-0.2, 0) is 20.4 Å². The smallest absolute Gasteiger partial charge is 0.302 e. The Morgan fingerprint density at radius 3 is 2.29 bits per heavy atom. The lowest BCUT2D eigenvalue weighted by atomic mass is 9.84. The van der Waals surface area contributed by atoms with Crippen LogP contribution in [-0.4, -0.2) is 33.4 Å². The number of benzene rings is 3. The molecule has 1 fully saturated rings. The van der Waals surface area contributed by atoms with Crippen LogP contribution in [0.15, 0.2) is 66.2 Å². The summed E-state index contributed by atoms with van der Waals surface area (Å²) in [5, 5.41) is 11.7. The van der Waals surface area contributed by atoms with Gasteiger partial charge in [-0.25, -0.2) is 9.37 Å². The predicted octanol–water partition coefficient (Wildman–Crippen LogP) is 7.32. The number of aromatic nitrogens is 2. The second-order valence-electron chi connectivity index (χ2n) is 12.7. The number of carbonyl (C=O) groups excluding carboxylic acids is 2. The molecule has 1 saturated heterocycles. The molecule has 42 heavy (non-hydrogen) atoms. The number of aromatic amines is 1. The number of ether oxygens (including phenoxy) is 1. The van der Waals surface area contributed by atoms with Crippen LogP contribution in [0.5, 0.6) is 5.75 Å². The number of fused-ring (bicyclic) bond motifs is 1. The first kappa shape index (κ1) is 29.0. The first-order chi connectivity index (χ1) is 19.7. The fraction of sp³-hybridized carbons (Fsp3) is 0.324. The lowest BCUT2D eigenvalue weighted by Crippen LogP contribution is -2.30. The molecule has 3 aromatic carbocycles. The zero-order chi connectivity index (χ0) is 30.6. The van der Waals surface area contributed by atoms with Crippen molar-refractivity contribution in [2.75, 3.05) is 11.5 Å². The lowest BCUT2D eigenvalue weighted by molar-refractivity contribution is -0.132. The van der Waals surface area contributed by atoms with E-state index in [9.17, 15) is 19.1 Å². The van der Waals surface area contributed by atoms with Gasteiger partial charge in [-0.15, -0.1) is 0 Å². The largest absolute Gasteiger partial charge is 0.507 e. The van der Waals surface area contributed by atoms with Gasteiger partial charge in [-0.3, -0.25) is 14.5 Å². The maximum atomic E-state index is 14.0. The molecular formula is C34H36FN3O4. The van der Waals surface area contributed by atoms with Gasteiger partial charge in [-0.1, -0.05) is 65.8 Å². The van der Waals surface area contributed by atoms with E-state index >= 15 is 0 Å². The number of Topliss-reactive ketones (excluding diaryl/α,β-unsaturated/α-hetero) is 1. The van der Waals surface area contributed by atoms with Crippen molar-refractivity contribution in [1.29, 1.82) is 0 Å². The summed E-state index contributed by atoms with van der Waals surface area (Å²) in [5.74, 6) is -1.66. The number of aliphatic hydroxyl groups excluding tert-OH is 1. The number of hydrogen-bond acceptors (Lipinski definition) is 5. The standard InChI is InChI=1S/C34H36FN3O4/c1-8-42-26-16-11-20(17-23(26)34(5,6)7)29(39)27-28(19-9-12-21(13-10-19)33(2,3)4)38(31(41)30(27)40)32-36-24-15-14-22(35)18-25(24)37-32/h9-18,28,39H,8H2,1-7H3,(H,36,37)/b29-27+. The van der Waals surface area contributed by atoms with Crippen LogP contribution in [0, 0.1) is 5.82 Å². The third-order valence-electron chi connectivity index (χ3n) is 7.56. The Balaban J connectivity index is 1.72. The number of H-pyrrole nitrogens is 1. The summed E-state index contributed by atoms with van der Waals surface area (Å²) in [6.45, 7) is 14.8. The highest BCUT2D eigenvalue weighted by Crippen LogP contribution is 2.43. The highest BCUT2D eigenvalue weighted by atomic mass is 19.1. The molecule has 2 N–H and O–H groups in total. The Morgan fingerprint density at radius 2 is 1.67 bits per heavy atom. The van der Waals surface area contributed by atoms with E-state index in [0.29, 0.717) is 34.5 Å². The molecule has 0 radical (unpaired) electrons. The molecule has 0 aliphatic carbocycles. The summed E-state index contributed by atoms with van der Waals surface area (Å²) in [6, 6.07) is 16.0. The van der Waals surface area contributed by atoms with Gasteiger partial charge in [0.15, 0.2) is 0 Å². The molecule has 5 rings (SSSR count). The zero-order valence-corrected chi connectivity index (χ0v) is 25.0. The Kier molecular flexibility index (Phi) is 7.21. The van der Waals surface area contributed by atoms with Gasteiger partial charge in [0.25, 0.3) is 5.78 Å². The third kappa shape index (κ3) is 5.17. The van der Waals surface area contributed by atoms with Gasteiger partial charge in [0.2, 0.25) is 5.95 Å². The lowest BCUT2D eigenvalue weighted by Gasteiger charge is -2.25. The van der Waals surface area contributed by atoms with Crippen LogP contribution < -0.4 is 9.64 Å². The molecule has 8 heteroatoms. The molecule has 1 aliphatic rings. The monoisotopic (exact) mass is 569 g/mol. The van der Waals surface area contributed by atoms with Gasteiger partial charge in [-0.2, -0.15) is 0 Å². The fourth-order valence-electron chi connectivity index (χ4n) is 5.31. The second-order valence-corrected chi connectivity index (χ2v) is 12.7. The van der Waals surface area contributed by atoms with Crippen molar-refractivity contribution in [3.8, 4) is 5.75 Å². The molecule has 1 aromatic heterocycles. The van der Waals surface area contributed by atoms with E-state index in [-0.39, 0.29) is 28.1 Å². The Labute approximate surface area is 245 Å². The quantitative estimate of drug-likeness (QED) is 0.149. The van der Waals surface area contributed by atoms with E-state index in [2.05, 4.69) is 30.7 Å². The molecule has 1 unspecified atom stereocenters. The van der Waals surface area contributed by atoms with Crippen molar-refractivity contribution in [2.45, 2.75) is 65.3 Å². The summed E-state index contributed by atoms with van der Waals surface area (Å²) in [4.78, 5) is 36.1. The average molecular weight is 570 g/mol. The van der Waals surface area contributed by atoms with Gasteiger partial charge in [0, 0.05) is 11.1 Å². The Morgan fingerprint density at radius 1 is 0.976 bits per heavy atom. The number of rotatable bonds is 5. The van der Waals surface area contributed by atoms with E-state index in [0.717, 1.165) is 11.1 Å². The molecule has 0 spiro atoms. The van der Waals surface area contributed by atoms with Crippen molar-refractivity contribution in [3.63, 3.8) is 0 Å². The SMILES string of the molecule is CCOc1ccc(/C(O)=C2\C(=O)C(=O)N(c3nc4ccc(F)cc4[nH]3)C2c2ccc(C(C)(C)C)cc2)cc1C(C)(C)C. The summed E-state index contributed by atoms with van der Waals surface area (Å²) in [5.41, 5.74) is 3.28. The zero-order valence-electron chi connectivity index (χ0n) is 25.0. The van der Waals surface area contributed by atoms with Crippen LogP contribution in [0.1, 0.15) is 76.8 Å². The van der Waals surface area contributed by atoms with E-state index in [4.69, 9.17) is 4.74 Å². The molecule has 7 nitrogen and oxygen atoms in total. The number of halogens is 1. The number of hydrogen-bond donors (Lipinski definition) is 2. The molecular weight excluding hydrogens is 533 g/mol. The van der Waals surface area contributed by atoms with Gasteiger partial charge < -0.3 is 14.8 Å². The Hall–Kier alpha value is -4.46. The maximum absolute atomic E-state index is 14.0. The number of imidazole rings is 1. The highest BCUT2D eigenvalue weighted by Gasteiger charge is 2.48. The van der Waals surface area contributed by atoms with Crippen LogP contribution in [0.2, 0.25) is 0 Å². The molecule has 0 saturated carbocycles. The first-order valence-electron chi connectivity index (χ1n) is 14.0. The van der Waals surface area contributed by atoms with Crippen LogP contribution in [0.3, 0.4) is 0 Å². The number of nitrogens with zero attached hydrogens (tertiary/aromatic N) is 2. The minimum absolute atomic E-state index is 0.0563. The summed E-state index contributed by atoms with van der Waals surface area (Å²) >= 11 is 0. The number of carbonyl (C=O) groups is 2. The van der Waals surface area contributed by atoms with Gasteiger partial charge in [0.1, 0.15) is 17.3 Å². The van der Waals surface area contributed by atoms with E-state index in [1.54, 1.807) is 18.2 Å². The molecule has 4 aromatic rings. The number of anilines is 1. The minimum atomic E-state index is -0.978. The van der Waals surface area contributed by atoms with Gasteiger partial charge >= 0.3 is 5.91 Å². The van der Waals surface area contributed by atoms with E-state index < -0.39 is 23.5 Å². The highest BCUT2D eigenvalue weighted by molar-refractivity contribution is 6.51. The molecule has 1 aliphatic heterocycles. The van der Waals surface area contributed by atoms with Crippen molar-refractivity contribution in [2.24, 2.45) is 0 Å². The van der Waals surface area contributed by atoms with Crippen molar-refractivity contribution < 1.29 is 23.8 Å². The van der Waals surface area contributed by atoms with Gasteiger partial charge in [0.05, 0.1) is 29.3 Å². The van der Waals surface area contributed by atoms with Crippen LogP contribution in [0.25, 0.3) is 16.8 Å². The van der Waals surface area contributed by atoms with E-state index in [1.807, 2.05) is 52.0 Å². The molecule has 0 bridgehead atoms. The second kappa shape index (κ2) is 10.4. The summed E-state index contributed by atoms with van der Waals surface area (Å²) in [7, 11) is 0. The Bertz CT molecular complexity index is 1720. The van der Waals surface area contributed by atoms with E-state index in [1.165, 1.54) is 23.1 Å². The molecule has 2 heterocycles. The van der Waals surface area contributed by atoms with Crippen molar-refractivity contribution in [3.05, 3.63) is 94.3 Å². The van der Waals surface area contributed by atoms with Gasteiger partial charge in [-0.05, 0) is 65.3 Å². The topological polar surface area (TPSA) is 95.5 Å². The molecule has 218 valence electrons. The summed E-state index contributed by atoms with van der Waals surface area (Å²) < 4.78 is 19.8. The molecule has 1 atom stereocenters. The minimum Gasteiger partial charge on any atom is -0.507 e. The third-order valence-corrected chi connectivity index (χ3v) is 7.56. The number of amides is 1. The fourth-order valence-corrected chi connectivity index (χ4v) is 5.31. The number of aliphatic hydroxyl groups is 1. The normalized spacial score (nSPS) is 17.3. The maximum Gasteiger partial charge on any atom is 0.302 e. The first-order valence-corrected chi connectivity index (χ1v) is 14.0.